The molecule has 0 bridgehead atoms. The maximum absolute atomic E-state index is 12.7. The van der Waals surface area contributed by atoms with Crippen molar-refractivity contribution in [1.29, 1.82) is 0 Å². The van der Waals surface area contributed by atoms with E-state index in [1.807, 2.05) is 0 Å². The molecule has 3 N–H and O–H groups in total. The van der Waals surface area contributed by atoms with Gasteiger partial charge in [0, 0.05) is 23.3 Å². The molecule has 1 aliphatic heterocycles. The Hall–Kier alpha value is -3.00. The molecule has 0 unspecified atom stereocenters. The molecule has 0 spiro atoms. The van der Waals surface area contributed by atoms with Crippen molar-refractivity contribution in [3.05, 3.63) is 45.8 Å². The number of imide groups is 1. The van der Waals surface area contributed by atoms with Crippen molar-refractivity contribution >= 4 is 45.7 Å². The van der Waals surface area contributed by atoms with E-state index in [1.165, 1.54) is 11.3 Å². The number of amides is 4. The van der Waals surface area contributed by atoms with Gasteiger partial charge in [-0.3, -0.25) is 24.1 Å². The number of hydrogen-bond acceptors (Lipinski definition) is 5. The minimum Gasteiger partial charge on any atom is -0.365 e. The highest BCUT2D eigenvalue weighted by atomic mass is 32.1. The van der Waals surface area contributed by atoms with Gasteiger partial charge < -0.3 is 11.1 Å². The minimum atomic E-state index is -0.527. The number of anilines is 2. The first-order valence-electron chi connectivity index (χ1n) is 9.67. The number of primary amides is 1. The van der Waals surface area contributed by atoms with Crippen LogP contribution in [0, 0.1) is 0 Å². The zero-order chi connectivity index (χ0) is 20.5. The molecule has 4 amide bonds. The molecular weight excluding hydrogens is 390 g/mol. The summed E-state index contributed by atoms with van der Waals surface area (Å²) in [5.41, 5.74) is 7.82. The monoisotopic (exact) mass is 411 g/mol. The van der Waals surface area contributed by atoms with Crippen molar-refractivity contribution in [2.45, 2.75) is 44.9 Å². The number of thiophene rings is 1. The molecule has 1 saturated heterocycles. The van der Waals surface area contributed by atoms with Crippen LogP contribution in [0.4, 0.5) is 10.7 Å². The molecule has 1 aliphatic carbocycles. The number of carbonyl (C=O) groups is 4. The summed E-state index contributed by atoms with van der Waals surface area (Å²) in [5.74, 6) is -1.37. The predicted octanol–water partition coefficient (Wildman–Crippen LogP) is 3.02. The van der Waals surface area contributed by atoms with E-state index in [4.69, 9.17) is 5.73 Å². The predicted molar refractivity (Wildman–Crippen MR) is 110 cm³/mol. The molecule has 1 aromatic carbocycles. The standard InChI is InChI=1S/C21H21N3O4S/c22-19(27)18-14-4-2-1-3-5-15(14)29-21(18)23-20(28)12-6-8-13(9-7-12)24-16(25)10-11-17(24)26/h6-9H,1-5,10-11H2,(H2,22,27)(H,23,28). The van der Waals surface area contributed by atoms with E-state index in [9.17, 15) is 19.2 Å². The summed E-state index contributed by atoms with van der Waals surface area (Å²) >= 11 is 1.42. The molecule has 2 aromatic rings. The topological polar surface area (TPSA) is 110 Å². The average Bonchev–Trinajstić information content (AvgIpc) is 3.11. The number of nitrogens with two attached hydrogens (primary N) is 1. The molecular formula is C21H21N3O4S. The first kappa shape index (κ1) is 19.3. The zero-order valence-electron chi connectivity index (χ0n) is 15.8. The lowest BCUT2D eigenvalue weighted by molar-refractivity contribution is -0.121. The van der Waals surface area contributed by atoms with Crippen LogP contribution >= 0.6 is 11.3 Å². The van der Waals surface area contributed by atoms with E-state index >= 15 is 0 Å². The fourth-order valence-electron chi connectivity index (χ4n) is 3.89. The molecule has 1 aromatic heterocycles. The third-order valence-corrected chi connectivity index (χ3v) is 6.54. The number of fused-ring (bicyclic) bond motifs is 1. The molecule has 0 radical (unpaired) electrons. The van der Waals surface area contributed by atoms with Gasteiger partial charge in [-0.15, -0.1) is 11.3 Å². The summed E-state index contributed by atoms with van der Waals surface area (Å²) in [6, 6.07) is 6.28. The largest absolute Gasteiger partial charge is 0.365 e. The lowest BCUT2D eigenvalue weighted by Gasteiger charge is -2.14. The maximum Gasteiger partial charge on any atom is 0.256 e. The average molecular weight is 411 g/mol. The fourth-order valence-corrected chi connectivity index (χ4v) is 5.18. The van der Waals surface area contributed by atoms with Crippen LogP contribution < -0.4 is 16.0 Å². The molecule has 2 aliphatic rings. The number of rotatable bonds is 4. The van der Waals surface area contributed by atoms with Crippen molar-refractivity contribution in [2.75, 3.05) is 10.2 Å². The summed E-state index contributed by atoms with van der Waals surface area (Å²) in [5, 5.41) is 3.31. The van der Waals surface area contributed by atoms with E-state index in [-0.39, 0.29) is 30.6 Å². The third kappa shape index (κ3) is 3.67. The number of aryl methyl sites for hydroxylation is 1. The molecule has 0 atom stereocenters. The smallest absolute Gasteiger partial charge is 0.256 e. The van der Waals surface area contributed by atoms with Crippen LogP contribution in [0.3, 0.4) is 0 Å². The van der Waals surface area contributed by atoms with Crippen LogP contribution in [0.25, 0.3) is 0 Å². The molecule has 7 nitrogen and oxygen atoms in total. The number of nitrogens with one attached hydrogen (secondary N) is 1. The van der Waals surface area contributed by atoms with Crippen LogP contribution in [0.5, 0.6) is 0 Å². The van der Waals surface area contributed by atoms with Gasteiger partial charge in [-0.25, -0.2) is 0 Å². The van der Waals surface area contributed by atoms with Gasteiger partial charge in [-0.05, 0) is 55.5 Å². The van der Waals surface area contributed by atoms with Gasteiger partial charge >= 0.3 is 0 Å². The number of benzene rings is 1. The third-order valence-electron chi connectivity index (χ3n) is 5.33. The first-order chi connectivity index (χ1) is 14.0. The second-order valence-electron chi connectivity index (χ2n) is 7.26. The van der Waals surface area contributed by atoms with Gasteiger partial charge in [-0.2, -0.15) is 0 Å². The molecule has 29 heavy (non-hydrogen) atoms. The molecule has 150 valence electrons. The van der Waals surface area contributed by atoms with E-state index in [2.05, 4.69) is 5.32 Å². The Balaban J connectivity index is 1.56. The quantitative estimate of drug-likeness (QED) is 0.595. The highest BCUT2D eigenvalue weighted by Gasteiger charge is 2.30. The van der Waals surface area contributed by atoms with Crippen molar-refractivity contribution in [3.8, 4) is 0 Å². The highest BCUT2D eigenvalue weighted by Crippen LogP contribution is 2.37. The van der Waals surface area contributed by atoms with Crippen molar-refractivity contribution < 1.29 is 19.2 Å². The summed E-state index contributed by atoms with van der Waals surface area (Å²) in [6.45, 7) is 0. The number of carbonyl (C=O) groups excluding carboxylic acids is 4. The summed E-state index contributed by atoms with van der Waals surface area (Å²) in [4.78, 5) is 50.7. The molecule has 2 heterocycles. The second kappa shape index (κ2) is 7.79. The normalized spacial score (nSPS) is 16.5. The van der Waals surface area contributed by atoms with Gasteiger partial charge in [-0.1, -0.05) is 6.42 Å². The van der Waals surface area contributed by atoms with Gasteiger partial charge in [0.15, 0.2) is 0 Å². The fraction of sp³-hybridized carbons (Fsp3) is 0.333. The summed E-state index contributed by atoms with van der Waals surface area (Å²) < 4.78 is 0. The van der Waals surface area contributed by atoms with E-state index in [0.29, 0.717) is 21.8 Å². The second-order valence-corrected chi connectivity index (χ2v) is 8.36. The number of nitrogens with zero attached hydrogens (tertiary/aromatic N) is 1. The van der Waals surface area contributed by atoms with Crippen LogP contribution in [-0.2, 0) is 22.4 Å². The van der Waals surface area contributed by atoms with Crippen LogP contribution in [-0.4, -0.2) is 23.6 Å². The van der Waals surface area contributed by atoms with Gasteiger partial charge in [0.2, 0.25) is 11.8 Å². The Kier molecular flexibility index (Phi) is 5.19. The Bertz CT molecular complexity index is 994. The minimum absolute atomic E-state index is 0.208. The van der Waals surface area contributed by atoms with Gasteiger partial charge in [0.25, 0.3) is 11.8 Å². The Morgan fingerprint density at radius 2 is 1.59 bits per heavy atom. The SMILES string of the molecule is NC(=O)c1c(NC(=O)c2ccc(N3C(=O)CCC3=O)cc2)sc2c1CCCCC2. The molecule has 1 fully saturated rings. The van der Waals surface area contributed by atoms with Crippen LogP contribution in [0.2, 0.25) is 0 Å². The highest BCUT2D eigenvalue weighted by molar-refractivity contribution is 7.17. The van der Waals surface area contributed by atoms with E-state index < -0.39 is 5.91 Å². The Morgan fingerprint density at radius 3 is 2.24 bits per heavy atom. The number of hydrogen-bond donors (Lipinski definition) is 2. The van der Waals surface area contributed by atoms with Crippen LogP contribution in [0.15, 0.2) is 24.3 Å². The Morgan fingerprint density at radius 1 is 0.931 bits per heavy atom. The van der Waals surface area contributed by atoms with Crippen molar-refractivity contribution in [3.63, 3.8) is 0 Å². The van der Waals surface area contributed by atoms with E-state index in [1.54, 1.807) is 24.3 Å². The van der Waals surface area contributed by atoms with Crippen LogP contribution in [0.1, 0.15) is 63.3 Å². The Labute approximate surface area is 171 Å². The first-order valence-corrected chi connectivity index (χ1v) is 10.5. The molecule has 4 rings (SSSR count). The summed E-state index contributed by atoms with van der Waals surface area (Å²) in [6.07, 6.45) is 5.30. The van der Waals surface area contributed by atoms with Gasteiger partial charge in [0.1, 0.15) is 5.00 Å². The van der Waals surface area contributed by atoms with Gasteiger partial charge in [0.05, 0.1) is 11.3 Å². The lowest BCUT2D eigenvalue weighted by Crippen LogP contribution is -2.28. The van der Waals surface area contributed by atoms with Crippen molar-refractivity contribution in [1.82, 2.24) is 0 Å². The van der Waals surface area contributed by atoms with E-state index in [0.717, 1.165) is 47.4 Å². The van der Waals surface area contributed by atoms with Crippen molar-refractivity contribution in [2.24, 2.45) is 5.73 Å². The lowest BCUT2D eigenvalue weighted by atomic mass is 10.1. The summed E-state index contributed by atoms with van der Waals surface area (Å²) in [7, 11) is 0. The zero-order valence-corrected chi connectivity index (χ0v) is 16.6. The molecule has 0 saturated carbocycles. The molecule has 8 heteroatoms. The maximum atomic E-state index is 12.7.